The van der Waals surface area contributed by atoms with Crippen molar-refractivity contribution < 1.29 is 39.4 Å². The van der Waals surface area contributed by atoms with E-state index in [2.05, 4.69) is 0 Å². The predicted octanol–water partition coefficient (Wildman–Crippen LogP) is 2.80. The second kappa shape index (κ2) is 3.21. The van der Waals surface area contributed by atoms with Crippen LogP contribution in [0.1, 0.15) is 0 Å². The number of hydrogen-bond donors (Lipinski definition) is 0. The van der Waals surface area contributed by atoms with Crippen LogP contribution < -0.4 is 0 Å². The summed E-state index contributed by atoms with van der Waals surface area (Å²) in [5.74, 6) is -14.3. The van der Waals surface area contributed by atoms with Crippen LogP contribution in [0.15, 0.2) is 0 Å². The maximum absolute atomic E-state index is 12.1. The molecule has 0 unspecified atom stereocenters. The van der Waals surface area contributed by atoms with Crippen LogP contribution in [-0.2, 0) is 0 Å². The third kappa shape index (κ3) is 1.84. The average molecular weight is 244 g/mol. The zero-order valence-corrected chi connectivity index (χ0v) is 6.43. The maximum atomic E-state index is 12.1. The topological polar surface area (TPSA) is 23.8 Å². The molecule has 15 heavy (non-hydrogen) atoms. The van der Waals surface area contributed by atoms with Crippen molar-refractivity contribution in [3.05, 3.63) is 0 Å². The Balaban J connectivity index is 5.51. The zero-order valence-electron chi connectivity index (χ0n) is 6.43. The summed E-state index contributed by atoms with van der Waals surface area (Å²) in [6.07, 6.45) is -6.86. The normalized spacial score (nSPS) is 14.9. The quantitative estimate of drug-likeness (QED) is 0.541. The first kappa shape index (κ1) is 13.9. The number of rotatable bonds is 2. The largest absolute Gasteiger partial charge is 0.480 e. The second-order valence-corrected chi connectivity index (χ2v) is 2.49. The Bertz CT molecular complexity index is 285. The van der Waals surface area contributed by atoms with Crippen LogP contribution >= 0.6 is 0 Å². The van der Waals surface area contributed by atoms with Gasteiger partial charge in [-0.3, -0.25) is 0 Å². The van der Waals surface area contributed by atoms with E-state index in [-0.39, 0.29) is 0 Å². The standard InChI is InChI=1S/C4BF9N/c6-2(7,4(10,11)12)3(8,9)5(13,14)1-15/q-1. The number of halogens is 9. The fraction of sp³-hybridized carbons (Fsp3) is 0.750. The monoisotopic (exact) mass is 244 g/mol. The van der Waals surface area contributed by atoms with E-state index in [1.165, 1.54) is 0 Å². The summed E-state index contributed by atoms with van der Waals surface area (Å²) in [6, 6.07) is 0. The molecule has 0 aromatic rings. The second-order valence-electron chi connectivity index (χ2n) is 2.49. The SMILES string of the molecule is N#C[B-](F)(F)C(F)(F)C(F)(F)C(F)(F)F. The Morgan fingerprint density at radius 3 is 1.40 bits per heavy atom. The van der Waals surface area contributed by atoms with Gasteiger partial charge in [-0.2, -0.15) is 22.0 Å². The van der Waals surface area contributed by atoms with Crippen molar-refractivity contribution in [1.29, 1.82) is 5.26 Å². The molecule has 0 rings (SSSR count). The molecule has 0 aliphatic carbocycles. The Morgan fingerprint density at radius 2 is 1.20 bits per heavy atom. The molecule has 0 heterocycles. The van der Waals surface area contributed by atoms with Gasteiger partial charge in [-0.1, -0.05) is 5.97 Å². The summed E-state index contributed by atoms with van der Waals surface area (Å²) in [5.41, 5.74) is 0. The van der Waals surface area contributed by atoms with E-state index >= 15 is 0 Å². The summed E-state index contributed by atoms with van der Waals surface area (Å²) in [4.78, 5) is 0. The number of alkyl halides is 7. The van der Waals surface area contributed by atoms with Gasteiger partial charge in [-0.15, -0.1) is 0 Å². The van der Waals surface area contributed by atoms with Crippen molar-refractivity contribution in [1.82, 2.24) is 0 Å². The van der Waals surface area contributed by atoms with E-state index < -0.39 is 30.6 Å². The summed E-state index contributed by atoms with van der Waals surface area (Å²) in [6.45, 7) is -6.81. The molecule has 0 saturated heterocycles. The molecular formula is C4BF9N-. The van der Waals surface area contributed by atoms with Gasteiger partial charge in [0.1, 0.15) is 0 Å². The molecule has 88 valence electrons. The first-order chi connectivity index (χ1) is 6.31. The van der Waals surface area contributed by atoms with Crippen molar-refractivity contribution in [3.63, 3.8) is 0 Å². The molecule has 0 bridgehead atoms. The Hall–Kier alpha value is -1.08. The van der Waals surface area contributed by atoms with Crippen LogP contribution in [0, 0.1) is 11.2 Å². The fourth-order valence-corrected chi connectivity index (χ4v) is 0.498. The molecule has 0 spiro atoms. The van der Waals surface area contributed by atoms with Crippen LogP contribution in [0.3, 0.4) is 0 Å². The molecule has 11 heteroatoms. The van der Waals surface area contributed by atoms with Crippen LogP contribution in [0.5, 0.6) is 0 Å². The van der Waals surface area contributed by atoms with Crippen molar-refractivity contribution in [2.75, 3.05) is 0 Å². The van der Waals surface area contributed by atoms with Gasteiger partial charge >= 0.3 is 18.8 Å². The van der Waals surface area contributed by atoms with E-state index in [1.807, 2.05) is 0 Å². The highest BCUT2D eigenvalue weighted by molar-refractivity contribution is 6.76. The summed E-state index contributed by atoms with van der Waals surface area (Å²) in [5, 5.41) is 7.41. The Morgan fingerprint density at radius 1 is 0.867 bits per heavy atom. The maximum Gasteiger partial charge on any atom is 0.480 e. The molecule has 0 aliphatic heterocycles. The molecule has 0 aromatic heterocycles. The highest BCUT2D eigenvalue weighted by atomic mass is 19.4. The zero-order chi connectivity index (χ0) is 12.7. The van der Waals surface area contributed by atoms with Crippen molar-refractivity contribution in [3.8, 4) is 5.97 Å². The van der Waals surface area contributed by atoms with E-state index in [9.17, 15) is 39.4 Å². The molecule has 1 nitrogen and oxygen atoms in total. The van der Waals surface area contributed by atoms with Gasteiger partial charge in [0.25, 0.3) is 5.82 Å². The lowest BCUT2D eigenvalue weighted by molar-refractivity contribution is -0.337. The summed E-state index contributed by atoms with van der Waals surface area (Å²) >= 11 is 0. The molecule has 0 saturated carbocycles. The average Bonchev–Trinajstić information content (AvgIpc) is 2.01. The van der Waals surface area contributed by atoms with E-state index in [0.29, 0.717) is 0 Å². The minimum absolute atomic E-state index is 0.541. The molecular weight excluding hydrogens is 244 g/mol. The van der Waals surface area contributed by atoms with Gasteiger partial charge in [-0.05, 0) is 0 Å². The lowest BCUT2D eigenvalue weighted by Gasteiger charge is -2.35. The van der Waals surface area contributed by atoms with E-state index in [0.717, 1.165) is 0 Å². The van der Waals surface area contributed by atoms with Gasteiger partial charge in [0.05, 0.1) is 0 Å². The number of hydrogen-bond acceptors (Lipinski definition) is 1. The Labute approximate surface area is 76.5 Å². The molecule has 0 fully saturated rings. The van der Waals surface area contributed by atoms with Crippen molar-refractivity contribution in [2.24, 2.45) is 0 Å². The van der Waals surface area contributed by atoms with Crippen LogP contribution in [0.25, 0.3) is 0 Å². The third-order valence-electron chi connectivity index (χ3n) is 1.39. The van der Waals surface area contributed by atoms with Gasteiger partial charge in [-0.25, -0.2) is 14.0 Å². The van der Waals surface area contributed by atoms with Crippen LogP contribution in [-0.4, -0.2) is 24.6 Å². The lowest BCUT2D eigenvalue weighted by atomic mass is 9.57. The van der Waals surface area contributed by atoms with Gasteiger partial charge < -0.3 is 8.63 Å². The fourth-order valence-electron chi connectivity index (χ4n) is 0.498. The van der Waals surface area contributed by atoms with Crippen LogP contribution in [0.4, 0.5) is 39.4 Å². The van der Waals surface area contributed by atoms with Gasteiger partial charge in [0.2, 0.25) is 0 Å². The molecule has 0 aromatic carbocycles. The Kier molecular flexibility index (Phi) is 2.98. The van der Waals surface area contributed by atoms with Crippen LogP contribution in [0.2, 0.25) is 0 Å². The lowest BCUT2D eigenvalue weighted by Crippen LogP contribution is -2.63. The van der Waals surface area contributed by atoms with Crippen molar-refractivity contribution >= 4 is 6.70 Å². The van der Waals surface area contributed by atoms with Gasteiger partial charge in [0, 0.05) is 0 Å². The minimum Gasteiger partial charge on any atom is -0.461 e. The molecule has 0 N–H and O–H groups in total. The number of nitrogens with zero attached hydrogens (tertiary/aromatic N) is 1. The summed E-state index contributed by atoms with van der Waals surface area (Å²) in [7, 11) is 0. The first-order valence-corrected chi connectivity index (χ1v) is 3.06. The number of nitriles is 1. The third-order valence-corrected chi connectivity index (χ3v) is 1.39. The molecule has 0 atom stereocenters. The highest BCUT2D eigenvalue weighted by Gasteiger charge is 2.78. The minimum atomic E-state index is -6.96. The molecule has 0 aliphatic rings. The van der Waals surface area contributed by atoms with Gasteiger partial charge in [0.15, 0.2) is 0 Å². The smallest absolute Gasteiger partial charge is 0.461 e. The predicted molar refractivity (Wildman–Crippen MR) is 29.5 cm³/mol. The molecule has 0 amide bonds. The summed E-state index contributed by atoms with van der Waals surface area (Å²) < 4.78 is 106. The highest BCUT2D eigenvalue weighted by Crippen LogP contribution is 2.50. The molecule has 0 radical (unpaired) electrons. The van der Waals surface area contributed by atoms with E-state index in [4.69, 9.17) is 5.26 Å². The first-order valence-electron chi connectivity index (χ1n) is 3.06. The van der Waals surface area contributed by atoms with Crippen molar-refractivity contribution in [2.45, 2.75) is 17.9 Å². The van der Waals surface area contributed by atoms with E-state index in [1.54, 1.807) is 0 Å².